The van der Waals surface area contributed by atoms with Crippen LogP contribution in [0.1, 0.15) is 34.9 Å². The van der Waals surface area contributed by atoms with E-state index in [2.05, 4.69) is 31.4 Å². The van der Waals surface area contributed by atoms with Crippen LogP contribution in [0.3, 0.4) is 0 Å². The van der Waals surface area contributed by atoms with Gasteiger partial charge in [0, 0.05) is 29.0 Å². The molecule has 0 saturated carbocycles. The summed E-state index contributed by atoms with van der Waals surface area (Å²) in [6, 6.07) is 7.35. The van der Waals surface area contributed by atoms with E-state index < -0.39 is 0 Å². The number of aromatic nitrogens is 2. The molecular weight excluding hydrogens is 388 g/mol. The van der Waals surface area contributed by atoms with E-state index in [0.717, 1.165) is 4.47 Å². The number of likely N-dealkylation sites (tertiary alicyclic amines) is 1. The lowest BCUT2D eigenvalue weighted by atomic mass is 9.95. The van der Waals surface area contributed by atoms with Gasteiger partial charge in [0.05, 0.1) is 6.54 Å². The molecule has 0 spiro atoms. The molecule has 2 heterocycles. The first-order valence-electron chi connectivity index (χ1n) is 8.14. The molecule has 25 heavy (non-hydrogen) atoms. The second-order valence-corrected chi connectivity index (χ2v) is 6.95. The summed E-state index contributed by atoms with van der Waals surface area (Å²) in [4.78, 5) is 30.6. The molecule has 1 aromatic carbocycles. The third kappa shape index (κ3) is 4.45. The van der Waals surface area contributed by atoms with Crippen LogP contribution in [0.15, 0.2) is 33.3 Å². The van der Waals surface area contributed by atoms with Crippen molar-refractivity contribution in [3.63, 3.8) is 0 Å². The number of benzene rings is 1. The van der Waals surface area contributed by atoms with Gasteiger partial charge in [-0.05, 0) is 38.0 Å². The van der Waals surface area contributed by atoms with Gasteiger partial charge in [-0.1, -0.05) is 27.2 Å². The minimum Gasteiger partial charge on any atom is -0.347 e. The van der Waals surface area contributed by atoms with E-state index in [1.165, 1.54) is 0 Å². The van der Waals surface area contributed by atoms with E-state index >= 15 is 0 Å². The Morgan fingerprint density at radius 1 is 1.36 bits per heavy atom. The van der Waals surface area contributed by atoms with Crippen LogP contribution in [0.5, 0.6) is 0 Å². The van der Waals surface area contributed by atoms with Gasteiger partial charge in [0.15, 0.2) is 5.82 Å². The summed E-state index contributed by atoms with van der Waals surface area (Å²) in [6.45, 7) is 3.11. The topological polar surface area (TPSA) is 88.3 Å². The van der Waals surface area contributed by atoms with Crippen LogP contribution in [0.2, 0.25) is 0 Å². The standard InChI is InChI=1S/C17H19BrN4O3/c1-11-20-15(25-21-11)10-19-16(23)12-5-7-22(8-6-12)17(24)13-3-2-4-14(18)9-13/h2-4,9,12H,5-8,10H2,1H3,(H,19,23). The highest BCUT2D eigenvalue weighted by molar-refractivity contribution is 9.10. The molecule has 1 aliphatic rings. The largest absolute Gasteiger partial charge is 0.347 e. The zero-order valence-electron chi connectivity index (χ0n) is 13.9. The SMILES string of the molecule is Cc1noc(CNC(=O)C2CCN(C(=O)c3cccc(Br)c3)CC2)n1. The number of aryl methyl sites for hydroxylation is 1. The van der Waals surface area contributed by atoms with Crippen molar-refractivity contribution in [1.82, 2.24) is 20.4 Å². The van der Waals surface area contributed by atoms with Crippen LogP contribution in [0.25, 0.3) is 0 Å². The second kappa shape index (κ2) is 7.77. The zero-order chi connectivity index (χ0) is 17.8. The van der Waals surface area contributed by atoms with Gasteiger partial charge in [-0.3, -0.25) is 9.59 Å². The first-order valence-corrected chi connectivity index (χ1v) is 8.94. The van der Waals surface area contributed by atoms with E-state index in [1.807, 2.05) is 18.2 Å². The maximum Gasteiger partial charge on any atom is 0.253 e. The second-order valence-electron chi connectivity index (χ2n) is 6.03. The van der Waals surface area contributed by atoms with Crippen LogP contribution in [-0.2, 0) is 11.3 Å². The first-order chi connectivity index (χ1) is 12.0. The third-order valence-electron chi connectivity index (χ3n) is 4.21. The van der Waals surface area contributed by atoms with Crippen molar-refractivity contribution in [2.45, 2.75) is 26.3 Å². The maximum atomic E-state index is 12.5. The van der Waals surface area contributed by atoms with Crippen LogP contribution in [0, 0.1) is 12.8 Å². The summed E-state index contributed by atoms with van der Waals surface area (Å²) in [5.74, 6) is 0.805. The van der Waals surface area contributed by atoms with Crippen molar-refractivity contribution in [1.29, 1.82) is 0 Å². The number of nitrogens with zero attached hydrogens (tertiary/aromatic N) is 3. The number of rotatable bonds is 4. The number of carbonyl (C=O) groups excluding carboxylic acids is 2. The quantitative estimate of drug-likeness (QED) is 0.841. The Kier molecular flexibility index (Phi) is 5.47. The Morgan fingerprint density at radius 2 is 2.12 bits per heavy atom. The molecule has 2 amide bonds. The highest BCUT2D eigenvalue weighted by Gasteiger charge is 2.28. The predicted octanol–water partition coefficient (Wildman–Crippen LogP) is 2.31. The van der Waals surface area contributed by atoms with E-state index in [1.54, 1.807) is 17.9 Å². The molecule has 0 aliphatic carbocycles. The Morgan fingerprint density at radius 3 is 2.76 bits per heavy atom. The van der Waals surface area contributed by atoms with Crippen molar-refractivity contribution in [2.75, 3.05) is 13.1 Å². The summed E-state index contributed by atoms with van der Waals surface area (Å²) in [5, 5.41) is 6.51. The zero-order valence-corrected chi connectivity index (χ0v) is 15.5. The van der Waals surface area contributed by atoms with Gasteiger partial charge >= 0.3 is 0 Å². The molecule has 132 valence electrons. The number of halogens is 1. The number of carbonyl (C=O) groups is 2. The summed E-state index contributed by atoms with van der Waals surface area (Å²) < 4.78 is 5.86. The molecular formula is C17H19BrN4O3. The van der Waals surface area contributed by atoms with E-state index in [4.69, 9.17) is 4.52 Å². The molecule has 1 aliphatic heterocycles. The van der Waals surface area contributed by atoms with Crippen molar-refractivity contribution < 1.29 is 14.1 Å². The molecule has 1 fully saturated rings. The van der Waals surface area contributed by atoms with Crippen molar-refractivity contribution >= 4 is 27.7 Å². The minimum atomic E-state index is -0.101. The minimum absolute atomic E-state index is 0.00138. The fourth-order valence-electron chi connectivity index (χ4n) is 2.87. The summed E-state index contributed by atoms with van der Waals surface area (Å²) in [5.41, 5.74) is 0.657. The summed E-state index contributed by atoms with van der Waals surface area (Å²) in [7, 11) is 0. The van der Waals surface area contributed by atoms with Gasteiger partial charge in [0.1, 0.15) is 0 Å². The number of hydrogen-bond acceptors (Lipinski definition) is 5. The molecule has 1 aromatic heterocycles. The van der Waals surface area contributed by atoms with Gasteiger partial charge < -0.3 is 14.7 Å². The normalized spacial score (nSPS) is 15.2. The van der Waals surface area contributed by atoms with Crippen molar-refractivity contribution in [3.8, 4) is 0 Å². The first kappa shape index (κ1) is 17.6. The number of piperidine rings is 1. The fraction of sp³-hybridized carbons (Fsp3) is 0.412. The average Bonchev–Trinajstić information content (AvgIpc) is 3.04. The molecule has 1 N–H and O–H groups in total. The van der Waals surface area contributed by atoms with Crippen LogP contribution in [-0.4, -0.2) is 39.9 Å². The van der Waals surface area contributed by atoms with E-state index in [0.29, 0.717) is 43.2 Å². The Balaban J connectivity index is 1.49. The van der Waals surface area contributed by atoms with Gasteiger partial charge in [0.2, 0.25) is 11.8 Å². The highest BCUT2D eigenvalue weighted by atomic mass is 79.9. The molecule has 8 heteroatoms. The Bertz CT molecular complexity index is 769. The van der Waals surface area contributed by atoms with Crippen LogP contribution < -0.4 is 5.32 Å². The molecule has 0 bridgehead atoms. The molecule has 3 rings (SSSR count). The van der Waals surface area contributed by atoms with Gasteiger partial charge in [-0.2, -0.15) is 4.98 Å². The molecule has 7 nitrogen and oxygen atoms in total. The average molecular weight is 407 g/mol. The summed E-state index contributed by atoms with van der Waals surface area (Å²) >= 11 is 3.38. The van der Waals surface area contributed by atoms with E-state index in [-0.39, 0.29) is 24.3 Å². The Labute approximate surface area is 153 Å². The maximum absolute atomic E-state index is 12.5. The molecule has 0 atom stereocenters. The van der Waals surface area contributed by atoms with Gasteiger partial charge in [-0.25, -0.2) is 0 Å². The van der Waals surface area contributed by atoms with Gasteiger partial charge in [-0.15, -0.1) is 0 Å². The van der Waals surface area contributed by atoms with Gasteiger partial charge in [0.25, 0.3) is 5.91 Å². The molecule has 0 unspecified atom stereocenters. The Hall–Kier alpha value is -2.22. The number of nitrogens with one attached hydrogen (secondary N) is 1. The predicted molar refractivity (Wildman–Crippen MR) is 93.7 cm³/mol. The molecule has 1 saturated heterocycles. The van der Waals surface area contributed by atoms with Crippen LogP contribution in [0.4, 0.5) is 0 Å². The summed E-state index contributed by atoms with van der Waals surface area (Å²) in [6.07, 6.45) is 1.29. The lowest BCUT2D eigenvalue weighted by molar-refractivity contribution is -0.126. The number of amides is 2. The van der Waals surface area contributed by atoms with Crippen LogP contribution >= 0.6 is 15.9 Å². The lowest BCUT2D eigenvalue weighted by Crippen LogP contribution is -2.42. The molecule has 0 radical (unpaired) electrons. The number of hydrogen-bond donors (Lipinski definition) is 1. The third-order valence-corrected chi connectivity index (χ3v) is 4.70. The molecule has 2 aromatic rings. The monoisotopic (exact) mass is 406 g/mol. The van der Waals surface area contributed by atoms with E-state index in [9.17, 15) is 9.59 Å². The smallest absolute Gasteiger partial charge is 0.253 e. The fourth-order valence-corrected chi connectivity index (χ4v) is 3.27. The van der Waals surface area contributed by atoms with Crippen molar-refractivity contribution in [3.05, 3.63) is 46.0 Å². The highest BCUT2D eigenvalue weighted by Crippen LogP contribution is 2.20. The van der Waals surface area contributed by atoms with Crippen molar-refractivity contribution in [2.24, 2.45) is 5.92 Å². The lowest BCUT2D eigenvalue weighted by Gasteiger charge is -2.31.